The summed E-state index contributed by atoms with van der Waals surface area (Å²) in [6, 6.07) is 18.5. The van der Waals surface area contributed by atoms with Crippen LogP contribution in [-0.4, -0.2) is 18.2 Å². The Hall–Kier alpha value is -2.08. The van der Waals surface area contributed by atoms with E-state index in [-0.39, 0.29) is 0 Å². The molecule has 0 radical (unpaired) electrons. The first kappa shape index (κ1) is 17.0. The van der Waals surface area contributed by atoms with E-state index in [0.717, 1.165) is 13.1 Å². The number of hydrogen-bond acceptors (Lipinski definition) is 2. The van der Waals surface area contributed by atoms with Gasteiger partial charge in [-0.1, -0.05) is 80.4 Å². The van der Waals surface area contributed by atoms with Gasteiger partial charge in [-0.15, -0.1) is 6.42 Å². The first-order chi connectivity index (χ1) is 10.2. The molecule has 2 heteroatoms. The van der Waals surface area contributed by atoms with Crippen molar-refractivity contribution in [1.82, 2.24) is 5.32 Å². The van der Waals surface area contributed by atoms with Crippen LogP contribution in [0.1, 0.15) is 25.0 Å². The Morgan fingerprint density at radius 3 is 1.52 bits per heavy atom. The van der Waals surface area contributed by atoms with Crippen LogP contribution in [-0.2, 0) is 5.60 Å². The summed E-state index contributed by atoms with van der Waals surface area (Å²) in [5.41, 5.74) is 0.0788. The van der Waals surface area contributed by atoms with E-state index in [4.69, 9.17) is 6.42 Å². The van der Waals surface area contributed by atoms with Crippen LogP contribution in [0.5, 0.6) is 0 Å². The van der Waals surface area contributed by atoms with Crippen molar-refractivity contribution in [2.45, 2.75) is 19.4 Å². The average molecular weight is 281 g/mol. The van der Waals surface area contributed by atoms with Crippen molar-refractivity contribution in [3.63, 3.8) is 0 Å². The van der Waals surface area contributed by atoms with Gasteiger partial charge < -0.3 is 10.4 Å². The van der Waals surface area contributed by atoms with E-state index in [1.165, 1.54) is 0 Å². The SMILES string of the molecule is C#CC(O)(c1ccccc1)c1ccccc1.CCNCC. The normalized spacial score (nSPS) is 10.2. The molecular formula is C19H23NO. The fourth-order valence-corrected chi connectivity index (χ4v) is 1.94. The van der Waals surface area contributed by atoms with Crippen molar-refractivity contribution in [3.05, 3.63) is 71.8 Å². The van der Waals surface area contributed by atoms with Crippen LogP contribution >= 0.6 is 0 Å². The minimum atomic E-state index is -1.34. The highest BCUT2D eigenvalue weighted by Crippen LogP contribution is 2.28. The second kappa shape index (κ2) is 8.97. The van der Waals surface area contributed by atoms with Gasteiger partial charge in [-0.3, -0.25) is 0 Å². The lowest BCUT2D eigenvalue weighted by Crippen LogP contribution is -2.24. The van der Waals surface area contributed by atoms with Crippen LogP contribution in [0.3, 0.4) is 0 Å². The molecule has 0 aliphatic carbocycles. The van der Waals surface area contributed by atoms with Crippen LogP contribution in [0.15, 0.2) is 60.7 Å². The van der Waals surface area contributed by atoms with Crippen LogP contribution in [0.25, 0.3) is 0 Å². The van der Waals surface area contributed by atoms with Gasteiger partial charge in [0.25, 0.3) is 0 Å². The third-order valence-electron chi connectivity index (χ3n) is 3.09. The second-order valence-electron chi connectivity index (χ2n) is 4.54. The smallest absolute Gasteiger partial charge is 0.176 e. The number of rotatable bonds is 4. The largest absolute Gasteiger partial charge is 0.369 e. The molecule has 0 aliphatic heterocycles. The molecule has 2 rings (SSSR count). The molecule has 2 nitrogen and oxygen atoms in total. The molecule has 21 heavy (non-hydrogen) atoms. The van der Waals surface area contributed by atoms with Crippen LogP contribution in [0.2, 0.25) is 0 Å². The van der Waals surface area contributed by atoms with Crippen molar-refractivity contribution in [1.29, 1.82) is 0 Å². The van der Waals surface area contributed by atoms with Gasteiger partial charge in [-0.2, -0.15) is 0 Å². The van der Waals surface area contributed by atoms with Crippen LogP contribution < -0.4 is 5.32 Å². The van der Waals surface area contributed by atoms with E-state index in [1.54, 1.807) is 0 Å². The lowest BCUT2D eigenvalue weighted by Gasteiger charge is -2.23. The van der Waals surface area contributed by atoms with E-state index in [0.29, 0.717) is 11.1 Å². The molecule has 0 heterocycles. The van der Waals surface area contributed by atoms with E-state index in [1.807, 2.05) is 60.7 Å². The summed E-state index contributed by atoms with van der Waals surface area (Å²) >= 11 is 0. The summed E-state index contributed by atoms with van der Waals surface area (Å²) in [6.45, 7) is 6.39. The second-order valence-corrected chi connectivity index (χ2v) is 4.54. The summed E-state index contributed by atoms with van der Waals surface area (Å²) in [5.74, 6) is 2.47. The fraction of sp³-hybridized carbons (Fsp3) is 0.263. The molecule has 0 unspecified atom stereocenters. The number of nitrogens with one attached hydrogen (secondary N) is 1. The van der Waals surface area contributed by atoms with Gasteiger partial charge in [0.05, 0.1) is 0 Å². The van der Waals surface area contributed by atoms with Crippen molar-refractivity contribution in [3.8, 4) is 12.3 Å². The lowest BCUT2D eigenvalue weighted by molar-refractivity contribution is 0.145. The Bertz CT molecular complexity index is 501. The number of aliphatic hydroxyl groups is 1. The predicted octanol–water partition coefficient (Wildman–Crippen LogP) is 3.17. The highest BCUT2D eigenvalue weighted by Gasteiger charge is 2.28. The molecule has 2 aromatic rings. The van der Waals surface area contributed by atoms with Gasteiger partial charge in [-0.25, -0.2) is 0 Å². The standard InChI is InChI=1S/C15H12O.C4H11N/c1-2-15(16,13-9-5-3-6-10-13)14-11-7-4-8-12-14;1-3-5-4-2/h1,3-12,16H;5H,3-4H2,1-2H3. The molecule has 110 valence electrons. The van der Waals surface area contributed by atoms with Gasteiger partial charge in [0, 0.05) is 11.1 Å². The van der Waals surface area contributed by atoms with Gasteiger partial charge >= 0.3 is 0 Å². The monoisotopic (exact) mass is 281 g/mol. The molecule has 0 atom stereocenters. The van der Waals surface area contributed by atoms with Gasteiger partial charge in [-0.05, 0) is 13.1 Å². The third-order valence-corrected chi connectivity index (χ3v) is 3.09. The minimum Gasteiger partial charge on any atom is -0.369 e. The van der Waals surface area contributed by atoms with E-state index >= 15 is 0 Å². The topological polar surface area (TPSA) is 32.3 Å². The minimum absolute atomic E-state index is 0.712. The van der Waals surface area contributed by atoms with Crippen LogP contribution in [0.4, 0.5) is 0 Å². The van der Waals surface area contributed by atoms with Crippen molar-refractivity contribution in [2.24, 2.45) is 0 Å². The first-order valence-corrected chi connectivity index (χ1v) is 7.20. The molecule has 2 N–H and O–H groups in total. The van der Waals surface area contributed by atoms with Crippen molar-refractivity contribution < 1.29 is 5.11 Å². The summed E-state index contributed by atoms with van der Waals surface area (Å²) in [6.07, 6.45) is 5.47. The maximum Gasteiger partial charge on any atom is 0.176 e. The zero-order valence-electron chi connectivity index (χ0n) is 12.7. The average Bonchev–Trinajstić information content (AvgIpc) is 2.57. The quantitative estimate of drug-likeness (QED) is 0.844. The fourth-order valence-electron chi connectivity index (χ4n) is 1.94. The zero-order chi connectivity index (χ0) is 15.6. The van der Waals surface area contributed by atoms with Gasteiger partial charge in [0.1, 0.15) is 0 Å². The highest BCUT2D eigenvalue weighted by atomic mass is 16.3. The number of terminal acetylenes is 1. The van der Waals surface area contributed by atoms with Crippen LogP contribution in [0, 0.1) is 12.3 Å². The molecule has 0 aliphatic rings. The number of hydrogen-bond donors (Lipinski definition) is 2. The zero-order valence-corrected chi connectivity index (χ0v) is 12.7. The molecule has 2 aromatic carbocycles. The van der Waals surface area contributed by atoms with Gasteiger partial charge in [0.2, 0.25) is 0 Å². The van der Waals surface area contributed by atoms with Crippen molar-refractivity contribution in [2.75, 3.05) is 13.1 Å². The molecular weight excluding hydrogens is 258 g/mol. The summed E-state index contributed by atoms with van der Waals surface area (Å²) in [7, 11) is 0. The maximum atomic E-state index is 10.5. The summed E-state index contributed by atoms with van der Waals surface area (Å²) in [5, 5.41) is 13.6. The Morgan fingerprint density at radius 1 is 0.905 bits per heavy atom. The van der Waals surface area contributed by atoms with Crippen molar-refractivity contribution >= 4 is 0 Å². The van der Waals surface area contributed by atoms with E-state index in [2.05, 4.69) is 25.1 Å². The Kier molecular flexibility index (Phi) is 7.25. The molecule has 0 aromatic heterocycles. The molecule has 0 amide bonds. The Balaban J connectivity index is 0.000000383. The lowest BCUT2D eigenvalue weighted by atomic mass is 9.87. The molecule has 0 spiro atoms. The third kappa shape index (κ3) is 4.75. The summed E-state index contributed by atoms with van der Waals surface area (Å²) < 4.78 is 0. The van der Waals surface area contributed by atoms with Gasteiger partial charge in [0.15, 0.2) is 5.60 Å². The predicted molar refractivity (Wildman–Crippen MR) is 88.9 cm³/mol. The van der Waals surface area contributed by atoms with E-state index in [9.17, 15) is 5.11 Å². The maximum absolute atomic E-state index is 10.5. The highest BCUT2D eigenvalue weighted by molar-refractivity contribution is 5.43. The van der Waals surface area contributed by atoms with E-state index < -0.39 is 5.60 Å². The Labute approximate surface area is 127 Å². The first-order valence-electron chi connectivity index (χ1n) is 7.20. The molecule has 0 bridgehead atoms. The molecule has 0 saturated heterocycles. The summed E-state index contributed by atoms with van der Waals surface area (Å²) in [4.78, 5) is 0. The number of benzene rings is 2. The molecule has 0 fully saturated rings. The Morgan fingerprint density at radius 2 is 1.29 bits per heavy atom. The molecule has 0 saturated carbocycles.